The maximum absolute atomic E-state index is 12.5. The van der Waals surface area contributed by atoms with Gasteiger partial charge in [0.2, 0.25) is 0 Å². The molecule has 0 radical (unpaired) electrons. The van der Waals surface area contributed by atoms with Crippen molar-refractivity contribution in [3.63, 3.8) is 0 Å². The van der Waals surface area contributed by atoms with Gasteiger partial charge in [-0.15, -0.1) is 11.8 Å². The van der Waals surface area contributed by atoms with E-state index in [-0.39, 0.29) is 18.5 Å². The van der Waals surface area contributed by atoms with Crippen molar-refractivity contribution in [3.05, 3.63) is 64.1 Å². The van der Waals surface area contributed by atoms with Crippen LogP contribution < -0.4 is 5.76 Å². The highest BCUT2D eigenvalue weighted by Gasteiger charge is 2.22. The zero-order chi connectivity index (χ0) is 22.5. The van der Waals surface area contributed by atoms with E-state index in [0.29, 0.717) is 55.8 Å². The minimum atomic E-state index is -0.533. The Labute approximate surface area is 189 Å². The lowest BCUT2D eigenvalue weighted by atomic mass is 10.1. The number of nitrogens with one attached hydrogen (secondary N) is 1. The molecule has 0 bridgehead atoms. The SMILES string of the molecule is CSc1ccc(COC(=O)N2CCN(CCC(=O)c3ccc4[nH]c(=O)oc4c3)CC2)cc1. The van der Waals surface area contributed by atoms with Crippen LogP contribution in [0.15, 0.2) is 56.6 Å². The molecule has 4 rings (SSSR count). The number of ether oxygens (including phenoxy) is 1. The molecular formula is C23H25N3O5S. The third-order valence-corrected chi connectivity index (χ3v) is 6.29. The van der Waals surface area contributed by atoms with Crippen molar-refractivity contribution in [2.75, 3.05) is 39.0 Å². The summed E-state index contributed by atoms with van der Waals surface area (Å²) < 4.78 is 10.5. The fourth-order valence-electron chi connectivity index (χ4n) is 3.63. The normalized spacial score (nSPS) is 14.6. The Hall–Kier alpha value is -3.04. The topological polar surface area (TPSA) is 95.9 Å². The number of fused-ring (bicyclic) bond motifs is 1. The van der Waals surface area contributed by atoms with Crippen molar-refractivity contribution in [1.29, 1.82) is 0 Å². The molecule has 9 heteroatoms. The van der Waals surface area contributed by atoms with Gasteiger partial charge in [-0.3, -0.25) is 14.7 Å². The highest BCUT2D eigenvalue weighted by Crippen LogP contribution is 2.16. The van der Waals surface area contributed by atoms with Crippen LogP contribution in [0.4, 0.5) is 4.79 Å². The molecule has 1 amide bonds. The summed E-state index contributed by atoms with van der Waals surface area (Å²) in [6, 6.07) is 12.9. The van der Waals surface area contributed by atoms with Crippen molar-refractivity contribution in [2.24, 2.45) is 0 Å². The first kappa shape index (κ1) is 22.2. The smallest absolute Gasteiger partial charge is 0.417 e. The van der Waals surface area contributed by atoms with E-state index in [0.717, 1.165) is 5.56 Å². The molecule has 1 fully saturated rings. The molecule has 0 unspecified atom stereocenters. The number of carbonyl (C=O) groups excluding carboxylic acids is 2. The van der Waals surface area contributed by atoms with E-state index in [9.17, 15) is 14.4 Å². The number of benzene rings is 2. The second-order valence-electron chi connectivity index (χ2n) is 7.63. The molecule has 2 aromatic carbocycles. The Morgan fingerprint density at radius 1 is 1.09 bits per heavy atom. The van der Waals surface area contributed by atoms with Gasteiger partial charge >= 0.3 is 11.8 Å². The minimum Gasteiger partial charge on any atom is -0.445 e. The van der Waals surface area contributed by atoms with Crippen LogP contribution in [0.1, 0.15) is 22.3 Å². The first-order valence-corrected chi connectivity index (χ1v) is 11.7. The van der Waals surface area contributed by atoms with Crippen molar-refractivity contribution < 1.29 is 18.7 Å². The van der Waals surface area contributed by atoms with Gasteiger partial charge in [0.15, 0.2) is 11.4 Å². The lowest BCUT2D eigenvalue weighted by Gasteiger charge is -2.33. The van der Waals surface area contributed by atoms with Gasteiger partial charge in [-0.05, 0) is 42.2 Å². The number of piperazine rings is 1. The number of ketones is 1. The molecule has 1 aliphatic heterocycles. The third kappa shape index (κ3) is 5.41. The summed E-state index contributed by atoms with van der Waals surface area (Å²) in [5, 5.41) is 0. The summed E-state index contributed by atoms with van der Waals surface area (Å²) in [6.07, 6.45) is 2.07. The summed E-state index contributed by atoms with van der Waals surface area (Å²) in [6.45, 7) is 3.39. The highest BCUT2D eigenvalue weighted by molar-refractivity contribution is 7.98. The summed E-state index contributed by atoms with van der Waals surface area (Å²) in [4.78, 5) is 43.7. The number of hydrogen-bond donors (Lipinski definition) is 1. The Morgan fingerprint density at radius 2 is 1.84 bits per heavy atom. The molecule has 1 N–H and O–H groups in total. The third-order valence-electron chi connectivity index (χ3n) is 5.55. The quantitative estimate of drug-likeness (QED) is 0.431. The molecule has 1 aliphatic rings. The number of nitrogens with zero attached hydrogens (tertiary/aromatic N) is 2. The Morgan fingerprint density at radius 3 is 2.56 bits per heavy atom. The number of Topliss-reactive ketones (excluding diaryl/α,β-unsaturated/α-hetero) is 1. The van der Waals surface area contributed by atoms with E-state index in [1.807, 2.05) is 30.5 Å². The molecule has 3 aromatic rings. The lowest BCUT2D eigenvalue weighted by molar-refractivity contribution is 0.0696. The predicted octanol–water partition coefficient (Wildman–Crippen LogP) is 3.37. The van der Waals surface area contributed by atoms with Crippen LogP contribution in [0.2, 0.25) is 0 Å². The number of amides is 1. The van der Waals surface area contributed by atoms with E-state index >= 15 is 0 Å². The van der Waals surface area contributed by atoms with Crippen LogP contribution in [0.5, 0.6) is 0 Å². The van der Waals surface area contributed by atoms with E-state index < -0.39 is 5.76 Å². The average molecular weight is 456 g/mol. The van der Waals surface area contributed by atoms with Gasteiger partial charge in [0.25, 0.3) is 0 Å². The van der Waals surface area contributed by atoms with E-state index in [4.69, 9.17) is 9.15 Å². The Kier molecular flexibility index (Phi) is 6.96. The number of H-pyrrole nitrogens is 1. The summed E-state index contributed by atoms with van der Waals surface area (Å²) in [7, 11) is 0. The molecule has 32 heavy (non-hydrogen) atoms. The summed E-state index contributed by atoms with van der Waals surface area (Å²) in [5.41, 5.74) is 2.44. The van der Waals surface area contributed by atoms with E-state index in [2.05, 4.69) is 9.88 Å². The molecule has 2 heterocycles. The average Bonchev–Trinajstić information content (AvgIpc) is 3.20. The van der Waals surface area contributed by atoms with Crippen molar-refractivity contribution in [3.8, 4) is 0 Å². The fraction of sp³-hybridized carbons (Fsp3) is 0.348. The molecule has 1 aromatic heterocycles. The Balaban J connectivity index is 1.20. The van der Waals surface area contributed by atoms with E-state index in [1.165, 1.54) is 4.90 Å². The van der Waals surface area contributed by atoms with Gasteiger partial charge in [-0.25, -0.2) is 9.59 Å². The van der Waals surface area contributed by atoms with E-state index in [1.54, 1.807) is 34.9 Å². The van der Waals surface area contributed by atoms with Crippen LogP contribution >= 0.6 is 11.8 Å². The number of oxazole rings is 1. The number of aromatic amines is 1. The first-order valence-electron chi connectivity index (χ1n) is 10.4. The zero-order valence-electron chi connectivity index (χ0n) is 17.8. The monoisotopic (exact) mass is 455 g/mol. The van der Waals surface area contributed by atoms with Gasteiger partial charge < -0.3 is 14.1 Å². The van der Waals surface area contributed by atoms with Crippen molar-refractivity contribution in [2.45, 2.75) is 17.9 Å². The molecule has 168 valence electrons. The van der Waals surface area contributed by atoms with Gasteiger partial charge in [0.05, 0.1) is 5.52 Å². The van der Waals surface area contributed by atoms with Crippen LogP contribution in [-0.2, 0) is 11.3 Å². The molecule has 0 aliphatic carbocycles. The number of aromatic nitrogens is 1. The van der Waals surface area contributed by atoms with Gasteiger partial charge in [0, 0.05) is 49.6 Å². The molecule has 0 spiro atoms. The highest BCUT2D eigenvalue weighted by atomic mass is 32.2. The fourth-order valence-corrected chi connectivity index (χ4v) is 4.04. The van der Waals surface area contributed by atoms with Crippen molar-refractivity contribution >= 4 is 34.7 Å². The van der Waals surface area contributed by atoms with Crippen LogP contribution in [0, 0.1) is 0 Å². The lowest BCUT2D eigenvalue weighted by Crippen LogP contribution is -2.49. The molecule has 8 nitrogen and oxygen atoms in total. The van der Waals surface area contributed by atoms with Crippen molar-refractivity contribution in [1.82, 2.24) is 14.8 Å². The number of hydrogen-bond acceptors (Lipinski definition) is 7. The summed E-state index contributed by atoms with van der Waals surface area (Å²) >= 11 is 1.67. The van der Waals surface area contributed by atoms with Crippen LogP contribution in [-0.4, -0.2) is 65.6 Å². The second-order valence-corrected chi connectivity index (χ2v) is 8.51. The molecule has 0 atom stereocenters. The number of carbonyl (C=O) groups is 2. The maximum atomic E-state index is 12.5. The zero-order valence-corrected chi connectivity index (χ0v) is 18.7. The van der Waals surface area contributed by atoms with Crippen LogP contribution in [0.25, 0.3) is 11.1 Å². The standard InChI is InChI=1S/C23H25N3O5S/c1-32-18-5-2-16(3-6-18)15-30-23(29)26-12-10-25(11-13-26)9-8-20(27)17-4-7-19-21(14-17)31-22(28)24-19/h2-7,14H,8-13,15H2,1H3,(H,24,28). The number of rotatable bonds is 7. The second kappa shape index (κ2) is 10.1. The van der Waals surface area contributed by atoms with Gasteiger partial charge in [-0.2, -0.15) is 0 Å². The Bertz CT molecular complexity index is 1150. The molecule has 0 saturated carbocycles. The van der Waals surface area contributed by atoms with Gasteiger partial charge in [-0.1, -0.05) is 12.1 Å². The summed E-state index contributed by atoms with van der Waals surface area (Å²) in [5.74, 6) is -0.542. The maximum Gasteiger partial charge on any atom is 0.417 e. The number of thioether (sulfide) groups is 1. The predicted molar refractivity (Wildman–Crippen MR) is 122 cm³/mol. The largest absolute Gasteiger partial charge is 0.445 e. The van der Waals surface area contributed by atoms with Gasteiger partial charge in [0.1, 0.15) is 6.61 Å². The molecular weight excluding hydrogens is 430 g/mol. The first-order chi connectivity index (χ1) is 15.5. The van der Waals surface area contributed by atoms with Crippen LogP contribution in [0.3, 0.4) is 0 Å². The molecule has 1 saturated heterocycles. The minimum absolute atomic E-state index is 0.00919.